The number of carbonyl (C=O) groups is 1. The number of hydrogen-bond donors (Lipinski definition) is 2. The first kappa shape index (κ1) is 16.0. The number of carbonyl (C=O) groups excluding carboxylic acids is 1. The van der Waals surface area contributed by atoms with Crippen molar-refractivity contribution in [2.24, 2.45) is 5.73 Å². The molecular formula is C18H18N4O2S. The molecule has 4 rings (SSSR count). The van der Waals surface area contributed by atoms with E-state index in [0.29, 0.717) is 23.5 Å². The first-order chi connectivity index (χ1) is 12.1. The Morgan fingerprint density at radius 3 is 3.04 bits per heavy atom. The van der Waals surface area contributed by atoms with Crippen molar-refractivity contribution in [1.29, 1.82) is 0 Å². The van der Waals surface area contributed by atoms with Gasteiger partial charge in [0, 0.05) is 46.3 Å². The third-order valence-corrected chi connectivity index (χ3v) is 5.52. The number of rotatable bonds is 4. The summed E-state index contributed by atoms with van der Waals surface area (Å²) in [6.45, 7) is 1.66. The zero-order valence-corrected chi connectivity index (χ0v) is 14.4. The maximum Gasteiger partial charge on any atom is 0.248 e. The van der Waals surface area contributed by atoms with Crippen LogP contribution in [0.5, 0.6) is 0 Å². The molecular weight excluding hydrogens is 336 g/mol. The zero-order valence-electron chi connectivity index (χ0n) is 13.6. The number of nitrogens with two attached hydrogens (primary N) is 1. The van der Waals surface area contributed by atoms with Crippen LogP contribution in [-0.4, -0.2) is 27.3 Å². The number of nitrogens with one attached hydrogen (secondary N) is 1. The largest absolute Gasteiger partial charge is 0.366 e. The molecule has 1 aliphatic heterocycles. The van der Waals surface area contributed by atoms with Crippen LogP contribution in [0.3, 0.4) is 0 Å². The molecule has 0 spiro atoms. The molecule has 7 heteroatoms. The van der Waals surface area contributed by atoms with E-state index in [2.05, 4.69) is 14.9 Å². The fourth-order valence-electron chi connectivity index (χ4n) is 3.45. The summed E-state index contributed by atoms with van der Waals surface area (Å²) in [6, 6.07) is 6.86. The first-order valence-electron chi connectivity index (χ1n) is 8.21. The minimum absolute atomic E-state index is 0.100. The average molecular weight is 354 g/mol. The van der Waals surface area contributed by atoms with Crippen molar-refractivity contribution in [2.45, 2.75) is 25.4 Å². The third kappa shape index (κ3) is 3.08. The fraction of sp³-hybridized carbons (Fsp3) is 0.278. The maximum atomic E-state index is 12.5. The van der Waals surface area contributed by atoms with Crippen LogP contribution in [0.15, 0.2) is 40.6 Å². The summed E-state index contributed by atoms with van der Waals surface area (Å²) in [6.07, 6.45) is 4.06. The quantitative estimate of drug-likeness (QED) is 0.753. The van der Waals surface area contributed by atoms with Crippen LogP contribution in [0, 0.1) is 0 Å². The number of H-pyrrole nitrogens is 1. The molecule has 0 saturated carbocycles. The Kier molecular flexibility index (Phi) is 4.10. The van der Waals surface area contributed by atoms with Crippen LogP contribution in [0.25, 0.3) is 10.9 Å². The maximum absolute atomic E-state index is 12.5. The molecule has 0 aliphatic carbocycles. The molecule has 25 heavy (non-hydrogen) atoms. The zero-order chi connectivity index (χ0) is 17.4. The Hall–Kier alpha value is -2.51. The summed E-state index contributed by atoms with van der Waals surface area (Å²) in [4.78, 5) is 33.9. The highest BCUT2D eigenvalue weighted by molar-refractivity contribution is 7.09. The van der Waals surface area contributed by atoms with Crippen molar-refractivity contribution in [3.8, 4) is 0 Å². The SMILES string of the molecule is NC(=O)c1ccc2[nH]c(CN3CCC[C@H]3c3nccs3)cc(=O)c2c1. The van der Waals surface area contributed by atoms with Gasteiger partial charge in [-0.05, 0) is 37.6 Å². The molecule has 3 N–H and O–H groups in total. The van der Waals surface area contributed by atoms with E-state index in [0.717, 1.165) is 35.6 Å². The standard InChI is InChI=1S/C18H18N4O2S/c19-17(24)11-3-4-14-13(8-11)16(23)9-12(21-14)10-22-6-1-2-15(22)18-20-5-7-25-18/h3-5,7-9,15H,1-2,6,10H2,(H2,19,24)(H,21,23)/t15-/m0/s1. The lowest BCUT2D eigenvalue weighted by atomic mass is 10.1. The predicted molar refractivity (Wildman–Crippen MR) is 97.6 cm³/mol. The molecule has 3 heterocycles. The number of nitrogens with zero attached hydrogens (tertiary/aromatic N) is 2. The van der Waals surface area contributed by atoms with Gasteiger partial charge in [0.25, 0.3) is 0 Å². The van der Waals surface area contributed by atoms with Crippen molar-refractivity contribution in [1.82, 2.24) is 14.9 Å². The Morgan fingerprint density at radius 2 is 2.28 bits per heavy atom. The molecule has 1 amide bonds. The second-order valence-electron chi connectivity index (χ2n) is 6.28. The molecule has 3 aromatic rings. The molecule has 128 valence electrons. The van der Waals surface area contributed by atoms with Crippen LogP contribution in [-0.2, 0) is 6.54 Å². The minimum Gasteiger partial charge on any atom is -0.366 e. The van der Waals surface area contributed by atoms with E-state index in [-0.39, 0.29) is 5.43 Å². The first-order valence-corrected chi connectivity index (χ1v) is 9.09. The summed E-state index contributed by atoms with van der Waals surface area (Å²) in [5, 5.41) is 3.62. The van der Waals surface area contributed by atoms with Gasteiger partial charge in [-0.2, -0.15) is 0 Å². The van der Waals surface area contributed by atoms with Crippen molar-refractivity contribution >= 4 is 28.1 Å². The fourth-order valence-corrected chi connectivity index (χ4v) is 4.26. The highest BCUT2D eigenvalue weighted by Gasteiger charge is 2.28. The highest BCUT2D eigenvalue weighted by atomic mass is 32.1. The van der Waals surface area contributed by atoms with Gasteiger partial charge in [0.15, 0.2) is 5.43 Å². The van der Waals surface area contributed by atoms with Crippen LogP contribution < -0.4 is 11.2 Å². The molecule has 1 aromatic carbocycles. The monoisotopic (exact) mass is 354 g/mol. The summed E-state index contributed by atoms with van der Waals surface area (Å²) in [5.74, 6) is -0.534. The molecule has 6 nitrogen and oxygen atoms in total. The van der Waals surface area contributed by atoms with Crippen LogP contribution in [0.2, 0.25) is 0 Å². The molecule has 0 radical (unpaired) electrons. The number of aromatic amines is 1. The minimum atomic E-state index is -0.534. The van der Waals surface area contributed by atoms with Crippen molar-refractivity contribution in [3.05, 3.63) is 62.3 Å². The van der Waals surface area contributed by atoms with Crippen LogP contribution in [0.4, 0.5) is 0 Å². The van der Waals surface area contributed by atoms with E-state index < -0.39 is 5.91 Å². The number of primary amides is 1. The number of thiazole rings is 1. The average Bonchev–Trinajstić information content (AvgIpc) is 3.25. The second kappa shape index (κ2) is 6.42. The normalized spacial score (nSPS) is 18.0. The van der Waals surface area contributed by atoms with E-state index in [1.54, 1.807) is 35.6 Å². The van der Waals surface area contributed by atoms with Gasteiger partial charge in [-0.3, -0.25) is 14.5 Å². The highest BCUT2D eigenvalue weighted by Crippen LogP contribution is 2.33. The molecule has 0 bridgehead atoms. The van der Waals surface area contributed by atoms with Crippen molar-refractivity contribution in [3.63, 3.8) is 0 Å². The lowest BCUT2D eigenvalue weighted by Gasteiger charge is -2.22. The number of aromatic nitrogens is 2. The summed E-state index contributed by atoms with van der Waals surface area (Å²) >= 11 is 1.68. The smallest absolute Gasteiger partial charge is 0.248 e. The van der Waals surface area contributed by atoms with E-state index in [1.807, 2.05) is 11.6 Å². The van der Waals surface area contributed by atoms with Gasteiger partial charge in [0.2, 0.25) is 5.91 Å². The van der Waals surface area contributed by atoms with Crippen LogP contribution in [0.1, 0.15) is 39.9 Å². The van der Waals surface area contributed by atoms with E-state index >= 15 is 0 Å². The van der Waals surface area contributed by atoms with Gasteiger partial charge in [-0.25, -0.2) is 4.98 Å². The van der Waals surface area contributed by atoms with Gasteiger partial charge in [0.1, 0.15) is 5.01 Å². The molecule has 1 saturated heterocycles. The second-order valence-corrected chi connectivity index (χ2v) is 7.21. The topological polar surface area (TPSA) is 92.1 Å². The molecule has 1 atom stereocenters. The number of benzene rings is 1. The molecule has 1 fully saturated rings. The third-order valence-electron chi connectivity index (χ3n) is 4.64. The van der Waals surface area contributed by atoms with Crippen LogP contribution >= 0.6 is 11.3 Å². The number of hydrogen-bond acceptors (Lipinski definition) is 5. The van der Waals surface area contributed by atoms with Gasteiger partial charge in [-0.15, -0.1) is 11.3 Å². The summed E-state index contributed by atoms with van der Waals surface area (Å²) in [7, 11) is 0. The lowest BCUT2D eigenvalue weighted by Crippen LogP contribution is -2.24. The molecule has 1 aliphatic rings. The Labute approximate surface area is 148 Å². The van der Waals surface area contributed by atoms with Gasteiger partial charge in [0.05, 0.1) is 6.04 Å². The Morgan fingerprint density at radius 1 is 1.40 bits per heavy atom. The molecule has 0 unspecified atom stereocenters. The number of pyridine rings is 1. The lowest BCUT2D eigenvalue weighted by molar-refractivity contribution is 0.100. The van der Waals surface area contributed by atoms with Gasteiger partial charge < -0.3 is 10.7 Å². The predicted octanol–water partition coefficient (Wildman–Crippen LogP) is 2.42. The Balaban J connectivity index is 1.65. The Bertz CT molecular complexity index is 980. The van der Waals surface area contributed by atoms with E-state index in [1.165, 1.54) is 0 Å². The molecule has 2 aromatic heterocycles. The summed E-state index contributed by atoms with van der Waals surface area (Å²) in [5.41, 5.74) is 7.12. The summed E-state index contributed by atoms with van der Waals surface area (Å²) < 4.78 is 0. The number of amides is 1. The van der Waals surface area contributed by atoms with E-state index in [9.17, 15) is 9.59 Å². The van der Waals surface area contributed by atoms with Gasteiger partial charge >= 0.3 is 0 Å². The number of likely N-dealkylation sites (tertiary alicyclic amines) is 1. The van der Waals surface area contributed by atoms with Crippen molar-refractivity contribution < 1.29 is 4.79 Å². The van der Waals surface area contributed by atoms with Gasteiger partial charge in [-0.1, -0.05) is 0 Å². The van der Waals surface area contributed by atoms with E-state index in [4.69, 9.17) is 5.73 Å². The van der Waals surface area contributed by atoms with Crippen molar-refractivity contribution in [2.75, 3.05) is 6.54 Å². The number of fused-ring (bicyclic) bond motifs is 1.